The van der Waals surface area contributed by atoms with Gasteiger partial charge in [-0.15, -0.1) is 0 Å². The van der Waals surface area contributed by atoms with E-state index >= 15 is 0 Å². The Bertz CT molecular complexity index is 1010. The van der Waals surface area contributed by atoms with Gasteiger partial charge in [-0.2, -0.15) is 0 Å². The van der Waals surface area contributed by atoms with Crippen molar-refractivity contribution in [1.82, 2.24) is 15.5 Å². The third-order valence-corrected chi connectivity index (χ3v) is 5.64. The predicted octanol–water partition coefficient (Wildman–Crippen LogP) is 4.47. The number of carbonyl (C=O) groups is 2. The molecule has 2 atom stereocenters. The summed E-state index contributed by atoms with van der Waals surface area (Å²) in [5.74, 6) is 0.393. The summed E-state index contributed by atoms with van der Waals surface area (Å²) >= 11 is 0. The van der Waals surface area contributed by atoms with E-state index in [-0.39, 0.29) is 29.9 Å². The van der Waals surface area contributed by atoms with Gasteiger partial charge in [0, 0.05) is 24.5 Å². The van der Waals surface area contributed by atoms with Gasteiger partial charge >= 0.3 is 6.03 Å². The number of likely N-dealkylation sites (tertiary alicyclic amines) is 1. The smallest absolute Gasteiger partial charge is 0.317 e. The van der Waals surface area contributed by atoms with Crippen LogP contribution in [0.2, 0.25) is 0 Å². The lowest BCUT2D eigenvalue weighted by atomic mass is 9.96. The lowest BCUT2D eigenvalue weighted by molar-refractivity contribution is -0.126. The molecule has 6 nitrogen and oxygen atoms in total. The number of fused-ring (bicyclic) bond motifs is 1. The van der Waals surface area contributed by atoms with Crippen molar-refractivity contribution in [1.29, 1.82) is 0 Å². The average Bonchev–Trinajstić information content (AvgIpc) is 3.21. The van der Waals surface area contributed by atoms with Crippen molar-refractivity contribution in [2.45, 2.75) is 38.8 Å². The summed E-state index contributed by atoms with van der Waals surface area (Å²) in [7, 11) is 0. The molecule has 4 rings (SSSR count). The molecule has 6 heteroatoms. The molecular weight excluding hydrogens is 390 g/mol. The van der Waals surface area contributed by atoms with E-state index in [1.807, 2.05) is 74.5 Å². The van der Waals surface area contributed by atoms with Crippen LogP contribution in [0.3, 0.4) is 0 Å². The van der Waals surface area contributed by atoms with Crippen LogP contribution in [0.5, 0.6) is 0 Å². The number of hydrogen-bond donors (Lipinski definition) is 2. The van der Waals surface area contributed by atoms with Gasteiger partial charge in [0.05, 0.1) is 5.92 Å². The number of para-hydroxylation sites is 1. The highest BCUT2D eigenvalue weighted by Gasteiger charge is 2.31. The van der Waals surface area contributed by atoms with Gasteiger partial charge in [-0.05, 0) is 44.4 Å². The van der Waals surface area contributed by atoms with Crippen LogP contribution in [0.4, 0.5) is 4.79 Å². The highest BCUT2D eigenvalue weighted by molar-refractivity contribution is 5.82. The summed E-state index contributed by atoms with van der Waals surface area (Å²) in [4.78, 5) is 27.4. The van der Waals surface area contributed by atoms with Crippen LogP contribution in [0.15, 0.2) is 65.1 Å². The van der Waals surface area contributed by atoms with Crippen molar-refractivity contribution >= 4 is 22.9 Å². The zero-order valence-corrected chi connectivity index (χ0v) is 18.0. The molecule has 3 aromatic rings. The van der Waals surface area contributed by atoms with Gasteiger partial charge in [-0.1, -0.05) is 48.5 Å². The van der Waals surface area contributed by atoms with Crippen LogP contribution in [0.1, 0.15) is 44.1 Å². The second kappa shape index (κ2) is 9.25. The number of hydrogen-bond acceptors (Lipinski definition) is 3. The molecule has 1 aromatic heterocycles. The number of carbonyl (C=O) groups excluding carboxylic acids is 2. The van der Waals surface area contributed by atoms with Gasteiger partial charge in [0.2, 0.25) is 5.91 Å². The summed E-state index contributed by atoms with van der Waals surface area (Å²) in [5.41, 5.74) is 1.75. The van der Waals surface area contributed by atoms with Crippen LogP contribution < -0.4 is 10.6 Å². The Kier molecular flexibility index (Phi) is 6.26. The zero-order chi connectivity index (χ0) is 21.8. The van der Waals surface area contributed by atoms with E-state index in [1.165, 1.54) is 0 Å². The fourth-order valence-corrected chi connectivity index (χ4v) is 4.08. The largest absolute Gasteiger partial charge is 0.459 e. The molecule has 0 aliphatic carbocycles. The first-order valence-corrected chi connectivity index (χ1v) is 10.9. The number of nitrogens with one attached hydrogen (secondary N) is 2. The molecule has 0 radical (unpaired) electrons. The van der Waals surface area contributed by atoms with Gasteiger partial charge in [0.1, 0.15) is 17.4 Å². The number of rotatable bonds is 5. The summed E-state index contributed by atoms with van der Waals surface area (Å²) in [5, 5.41) is 7.11. The maximum Gasteiger partial charge on any atom is 0.317 e. The molecule has 0 spiro atoms. The normalized spacial score (nSPS) is 17.5. The second-order valence-electron chi connectivity index (χ2n) is 8.43. The number of amides is 3. The van der Waals surface area contributed by atoms with Crippen molar-refractivity contribution in [3.05, 3.63) is 72.0 Å². The molecule has 162 valence electrons. The highest BCUT2D eigenvalue weighted by atomic mass is 16.3. The molecule has 2 heterocycles. The van der Waals surface area contributed by atoms with E-state index < -0.39 is 0 Å². The summed E-state index contributed by atoms with van der Waals surface area (Å²) in [6.07, 6.45) is 1.57. The molecule has 3 amide bonds. The molecule has 0 saturated carbocycles. The number of piperidine rings is 1. The van der Waals surface area contributed by atoms with Crippen LogP contribution in [0, 0.1) is 5.92 Å². The van der Waals surface area contributed by atoms with E-state index in [0.717, 1.165) is 29.4 Å². The lowest BCUT2D eigenvalue weighted by Crippen LogP contribution is -2.50. The molecule has 1 saturated heterocycles. The third-order valence-electron chi connectivity index (χ3n) is 5.64. The number of benzene rings is 2. The van der Waals surface area contributed by atoms with Crippen molar-refractivity contribution < 1.29 is 14.0 Å². The molecule has 31 heavy (non-hydrogen) atoms. The quantitative estimate of drug-likeness (QED) is 0.641. The standard InChI is InChI=1S/C25H29N3O3/c1-17(2)26-25(30)28-14-8-12-20(16-28)24(29)27-23(18-9-4-3-5-10-18)22-15-19-11-6-7-13-21(19)31-22/h3-7,9-11,13,15,17,20,23H,8,12,14,16H2,1-2H3,(H,26,30)(H,27,29)/t20-,23+/m0/s1. The minimum atomic E-state index is -0.388. The van der Waals surface area contributed by atoms with Gasteiger partial charge < -0.3 is 20.0 Å². The van der Waals surface area contributed by atoms with Crippen LogP contribution in [0.25, 0.3) is 11.0 Å². The molecule has 2 N–H and O–H groups in total. The van der Waals surface area contributed by atoms with Gasteiger partial charge in [0.15, 0.2) is 0 Å². The molecule has 1 fully saturated rings. The Balaban J connectivity index is 1.54. The first kappa shape index (κ1) is 21.0. The van der Waals surface area contributed by atoms with Gasteiger partial charge in [-0.25, -0.2) is 4.79 Å². The SMILES string of the molecule is CC(C)NC(=O)N1CCC[C@H](C(=O)N[C@H](c2ccccc2)c2cc3ccccc3o2)C1. The minimum Gasteiger partial charge on any atom is -0.459 e. The van der Waals surface area contributed by atoms with Crippen LogP contribution >= 0.6 is 0 Å². The number of nitrogens with zero attached hydrogens (tertiary/aromatic N) is 1. The Hall–Kier alpha value is -3.28. The van der Waals surface area contributed by atoms with Crippen LogP contribution in [-0.4, -0.2) is 36.0 Å². The van der Waals surface area contributed by atoms with Crippen LogP contribution in [-0.2, 0) is 4.79 Å². The third kappa shape index (κ3) is 4.90. The van der Waals surface area contributed by atoms with Crippen molar-refractivity contribution in [2.24, 2.45) is 5.92 Å². The minimum absolute atomic E-state index is 0.0589. The van der Waals surface area contributed by atoms with E-state index in [9.17, 15) is 9.59 Å². The molecule has 0 unspecified atom stereocenters. The van der Waals surface area contributed by atoms with Gasteiger partial charge in [-0.3, -0.25) is 4.79 Å². The fraction of sp³-hybridized carbons (Fsp3) is 0.360. The van der Waals surface area contributed by atoms with E-state index in [2.05, 4.69) is 10.6 Å². The number of furan rings is 1. The van der Waals surface area contributed by atoms with Crippen molar-refractivity contribution in [3.8, 4) is 0 Å². The maximum atomic E-state index is 13.2. The van der Waals surface area contributed by atoms with Crippen molar-refractivity contribution in [2.75, 3.05) is 13.1 Å². The van der Waals surface area contributed by atoms with E-state index in [1.54, 1.807) is 4.90 Å². The average molecular weight is 420 g/mol. The summed E-state index contributed by atoms with van der Waals surface area (Å²) in [6.45, 7) is 4.97. The monoisotopic (exact) mass is 419 g/mol. The second-order valence-corrected chi connectivity index (χ2v) is 8.43. The number of urea groups is 1. The van der Waals surface area contributed by atoms with Gasteiger partial charge in [0.25, 0.3) is 0 Å². The topological polar surface area (TPSA) is 74.6 Å². The molecule has 1 aliphatic rings. The first-order valence-electron chi connectivity index (χ1n) is 10.9. The van der Waals surface area contributed by atoms with E-state index in [4.69, 9.17) is 4.42 Å². The Morgan fingerprint density at radius 1 is 1.03 bits per heavy atom. The predicted molar refractivity (Wildman–Crippen MR) is 121 cm³/mol. The molecule has 1 aliphatic heterocycles. The maximum absolute atomic E-state index is 13.2. The Morgan fingerprint density at radius 3 is 2.52 bits per heavy atom. The zero-order valence-electron chi connectivity index (χ0n) is 18.0. The molecule has 0 bridgehead atoms. The fourth-order valence-electron chi connectivity index (χ4n) is 4.08. The Morgan fingerprint density at radius 2 is 1.77 bits per heavy atom. The molecule has 2 aromatic carbocycles. The first-order chi connectivity index (χ1) is 15.0. The summed E-state index contributed by atoms with van der Waals surface area (Å²) in [6, 6.07) is 19.2. The Labute approximate surface area is 182 Å². The summed E-state index contributed by atoms with van der Waals surface area (Å²) < 4.78 is 6.09. The molecular formula is C25H29N3O3. The van der Waals surface area contributed by atoms with Crippen molar-refractivity contribution in [3.63, 3.8) is 0 Å². The van der Waals surface area contributed by atoms with E-state index in [0.29, 0.717) is 18.8 Å². The lowest BCUT2D eigenvalue weighted by Gasteiger charge is -2.33. The highest BCUT2D eigenvalue weighted by Crippen LogP contribution is 2.29.